The molecule has 1 aromatic rings. The second-order valence-corrected chi connectivity index (χ2v) is 5.16. The van der Waals surface area contributed by atoms with E-state index in [4.69, 9.17) is 5.73 Å². The first-order valence-electron chi connectivity index (χ1n) is 4.32. The van der Waals surface area contributed by atoms with Gasteiger partial charge in [0.15, 0.2) is 5.69 Å². The highest BCUT2D eigenvalue weighted by Crippen LogP contribution is 2.34. The van der Waals surface area contributed by atoms with Crippen molar-refractivity contribution < 1.29 is 13.2 Å². The van der Waals surface area contributed by atoms with Gasteiger partial charge in [-0.3, -0.25) is 0 Å². The number of nitrogens with two attached hydrogens (primary N) is 1. The molecular formula is C8H11F3N2S2. The van der Waals surface area contributed by atoms with Crippen LogP contribution in [0.3, 0.4) is 0 Å². The minimum Gasteiger partial charge on any atom is -0.326 e. The maximum absolute atomic E-state index is 12.5. The van der Waals surface area contributed by atoms with Crippen LogP contribution < -0.4 is 5.73 Å². The number of aromatic nitrogens is 1. The molecule has 0 aliphatic heterocycles. The van der Waals surface area contributed by atoms with Crippen LogP contribution in [-0.2, 0) is 18.5 Å². The molecule has 1 aromatic heterocycles. The first kappa shape index (κ1) is 12.8. The van der Waals surface area contributed by atoms with Crippen molar-refractivity contribution in [3.05, 3.63) is 15.6 Å². The zero-order valence-electron chi connectivity index (χ0n) is 8.10. The predicted molar refractivity (Wildman–Crippen MR) is 56.8 cm³/mol. The van der Waals surface area contributed by atoms with E-state index in [1.54, 1.807) is 11.8 Å². The van der Waals surface area contributed by atoms with Crippen LogP contribution in [0.5, 0.6) is 0 Å². The summed E-state index contributed by atoms with van der Waals surface area (Å²) < 4.78 is 37.4. The van der Waals surface area contributed by atoms with Gasteiger partial charge in [0.2, 0.25) is 0 Å². The van der Waals surface area contributed by atoms with Crippen LogP contribution in [0.4, 0.5) is 13.2 Å². The van der Waals surface area contributed by atoms with Crippen molar-refractivity contribution in [3.8, 4) is 0 Å². The van der Waals surface area contributed by atoms with Crippen LogP contribution >= 0.6 is 23.1 Å². The molecular weight excluding hydrogens is 245 g/mol. The fourth-order valence-electron chi connectivity index (χ4n) is 1.01. The van der Waals surface area contributed by atoms with E-state index in [9.17, 15) is 13.2 Å². The van der Waals surface area contributed by atoms with Crippen molar-refractivity contribution in [3.63, 3.8) is 0 Å². The summed E-state index contributed by atoms with van der Waals surface area (Å²) in [5, 5.41) is 0.495. The van der Waals surface area contributed by atoms with Crippen molar-refractivity contribution in [2.75, 3.05) is 5.75 Å². The molecule has 0 amide bonds. The van der Waals surface area contributed by atoms with Gasteiger partial charge >= 0.3 is 6.18 Å². The SMILES string of the molecule is CCSCc1nc(C(F)(F)F)c(CN)s1. The highest BCUT2D eigenvalue weighted by Gasteiger charge is 2.36. The summed E-state index contributed by atoms with van der Waals surface area (Å²) in [5.41, 5.74) is 4.44. The zero-order valence-corrected chi connectivity index (χ0v) is 9.73. The highest BCUT2D eigenvalue weighted by molar-refractivity contribution is 7.98. The van der Waals surface area contributed by atoms with E-state index in [-0.39, 0.29) is 11.4 Å². The van der Waals surface area contributed by atoms with Crippen molar-refractivity contribution in [2.24, 2.45) is 5.73 Å². The Morgan fingerprint density at radius 1 is 1.47 bits per heavy atom. The molecule has 15 heavy (non-hydrogen) atoms. The molecule has 0 aliphatic rings. The van der Waals surface area contributed by atoms with Crippen LogP contribution in [-0.4, -0.2) is 10.7 Å². The van der Waals surface area contributed by atoms with E-state index in [1.807, 2.05) is 6.92 Å². The van der Waals surface area contributed by atoms with Crippen molar-refractivity contribution in [1.29, 1.82) is 0 Å². The summed E-state index contributed by atoms with van der Waals surface area (Å²) in [6.07, 6.45) is -4.39. The summed E-state index contributed by atoms with van der Waals surface area (Å²) in [5.74, 6) is 1.38. The van der Waals surface area contributed by atoms with Crippen LogP contribution in [0, 0.1) is 0 Å². The van der Waals surface area contributed by atoms with E-state index in [2.05, 4.69) is 4.98 Å². The van der Waals surface area contributed by atoms with E-state index in [0.29, 0.717) is 10.8 Å². The lowest BCUT2D eigenvalue weighted by atomic mass is 10.3. The van der Waals surface area contributed by atoms with E-state index in [0.717, 1.165) is 17.1 Å². The maximum Gasteiger partial charge on any atom is 0.434 e. The smallest absolute Gasteiger partial charge is 0.326 e. The van der Waals surface area contributed by atoms with Gasteiger partial charge in [-0.25, -0.2) is 4.98 Å². The molecule has 0 aliphatic carbocycles. The molecule has 0 fully saturated rings. The van der Waals surface area contributed by atoms with Gasteiger partial charge in [0.1, 0.15) is 5.01 Å². The van der Waals surface area contributed by atoms with E-state index < -0.39 is 11.9 Å². The Labute approximate surface area is 94.1 Å². The van der Waals surface area contributed by atoms with Crippen LogP contribution in [0.15, 0.2) is 0 Å². The van der Waals surface area contributed by atoms with Gasteiger partial charge in [-0.05, 0) is 5.75 Å². The van der Waals surface area contributed by atoms with Gasteiger partial charge in [-0.2, -0.15) is 24.9 Å². The Kier molecular flexibility index (Phi) is 4.42. The van der Waals surface area contributed by atoms with Gasteiger partial charge in [0, 0.05) is 12.3 Å². The molecule has 2 N–H and O–H groups in total. The molecule has 0 unspecified atom stereocenters. The third kappa shape index (κ3) is 3.35. The fraction of sp³-hybridized carbons (Fsp3) is 0.625. The summed E-state index contributed by atoms with van der Waals surface area (Å²) in [4.78, 5) is 3.70. The number of thioether (sulfide) groups is 1. The summed E-state index contributed by atoms with van der Waals surface area (Å²) >= 11 is 2.59. The molecule has 0 spiro atoms. The third-order valence-corrected chi connectivity index (χ3v) is 3.77. The molecule has 0 saturated heterocycles. The van der Waals surface area contributed by atoms with Crippen molar-refractivity contribution in [2.45, 2.75) is 25.4 Å². The number of hydrogen-bond donors (Lipinski definition) is 1. The van der Waals surface area contributed by atoms with Crippen LogP contribution in [0.2, 0.25) is 0 Å². The standard InChI is InChI=1S/C8H11F3N2S2/c1-2-14-4-6-13-7(8(9,10)11)5(3-12)15-6/h2-4,12H2,1H3. The van der Waals surface area contributed by atoms with Crippen LogP contribution in [0.25, 0.3) is 0 Å². The molecule has 0 atom stereocenters. The van der Waals surface area contributed by atoms with Crippen molar-refractivity contribution >= 4 is 23.1 Å². The highest BCUT2D eigenvalue weighted by atomic mass is 32.2. The lowest BCUT2D eigenvalue weighted by Gasteiger charge is -2.03. The third-order valence-electron chi connectivity index (χ3n) is 1.63. The van der Waals surface area contributed by atoms with Gasteiger partial charge < -0.3 is 5.73 Å². The Hall–Kier alpha value is -0.270. The molecule has 0 saturated carbocycles. The quantitative estimate of drug-likeness (QED) is 0.900. The Morgan fingerprint density at radius 2 is 2.13 bits per heavy atom. The number of thiazole rings is 1. The number of rotatable bonds is 4. The summed E-state index contributed by atoms with van der Waals surface area (Å²) in [7, 11) is 0. The molecule has 0 radical (unpaired) electrons. The average Bonchev–Trinajstić information content (AvgIpc) is 2.57. The van der Waals surface area contributed by atoms with Crippen molar-refractivity contribution in [1.82, 2.24) is 4.98 Å². The predicted octanol–water partition coefficient (Wildman–Crippen LogP) is 2.87. The molecule has 0 bridgehead atoms. The minimum absolute atomic E-state index is 0.108. The normalized spacial score (nSPS) is 12.1. The monoisotopic (exact) mass is 256 g/mol. The van der Waals surface area contributed by atoms with Crippen LogP contribution in [0.1, 0.15) is 22.5 Å². The molecule has 86 valence electrons. The van der Waals surface area contributed by atoms with E-state index in [1.165, 1.54) is 0 Å². The molecule has 0 aromatic carbocycles. The minimum atomic E-state index is -4.39. The zero-order chi connectivity index (χ0) is 11.5. The molecule has 1 rings (SSSR count). The largest absolute Gasteiger partial charge is 0.434 e. The number of nitrogens with zero attached hydrogens (tertiary/aromatic N) is 1. The second-order valence-electron chi connectivity index (χ2n) is 2.72. The maximum atomic E-state index is 12.5. The number of halogens is 3. The topological polar surface area (TPSA) is 38.9 Å². The first-order valence-corrected chi connectivity index (χ1v) is 6.29. The number of hydrogen-bond acceptors (Lipinski definition) is 4. The lowest BCUT2D eigenvalue weighted by molar-refractivity contribution is -0.141. The molecule has 2 nitrogen and oxygen atoms in total. The lowest BCUT2D eigenvalue weighted by Crippen LogP contribution is -2.10. The Balaban J connectivity index is 2.90. The van der Waals surface area contributed by atoms with E-state index >= 15 is 0 Å². The molecule has 1 heterocycles. The van der Waals surface area contributed by atoms with Gasteiger partial charge in [-0.1, -0.05) is 6.92 Å². The number of alkyl halides is 3. The Bertz CT molecular complexity index is 322. The van der Waals surface area contributed by atoms with Gasteiger partial charge in [0.05, 0.1) is 4.88 Å². The molecule has 7 heteroatoms. The fourth-order valence-corrected chi connectivity index (χ4v) is 2.70. The summed E-state index contributed by atoms with van der Waals surface area (Å²) in [6, 6.07) is 0. The van der Waals surface area contributed by atoms with Gasteiger partial charge in [0.25, 0.3) is 0 Å². The average molecular weight is 256 g/mol. The van der Waals surface area contributed by atoms with Gasteiger partial charge in [-0.15, -0.1) is 11.3 Å². The first-order chi connectivity index (χ1) is 6.99. The second kappa shape index (κ2) is 5.18. The summed E-state index contributed by atoms with van der Waals surface area (Å²) in [6.45, 7) is 1.84. The Morgan fingerprint density at radius 3 is 2.53 bits per heavy atom.